The molecule has 0 radical (unpaired) electrons. The van der Waals surface area contributed by atoms with E-state index in [-0.39, 0.29) is 11.4 Å². The maximum Gasteiger partial charge on any atom is 0.226 e. The first-order valence-corrected chi connectivity index (χ1v) is 7.13. The summed E-state index contributed by atoms with van der Waals surface area (Å²) < 4.78 is 0.941. The van der Waals surface area contributed by atoms with E-state index in [0.717, 1.165) is 41.4 Å². The zero-order valence-corrected chi connectivity index (χ0v) is 12.2. The maximum atomic E-state index is 12.0. The minimum atomic E-state index is -0.291. The van der Waals surface area contributed by atoms with Gasteiger partial charge in [-0.25, -0.2) is 0 Å². The van der Waals surface area contributed by atoms with Crippen LogP contribution in [0.5, 0.6) is 0 Å². The van der Waals surface area contributed by atoms with Crippen molar-refractivity contribution >= 4 is 27.5 Å². The molecule has 0 aromatic heterocycles. The van der Waals surface area contributed by atoms with E-state index in [9.17, 15) is 4.79 Å². The average Bonchev–Trinajstić information content (AvgIpc) is 2.71. The van der Waals surface area contributed by atoms with E-state index in [0.29, 0.717) is 6.42 Å². The third-order valence-corrected chi connectivity index (χ3v) is 4.63. The molecule has 1 aliphatic carbocycles. The summed E-state index contributed by atoms with van der Waals surface area (Å²) >= 11 is 3.49. The first-order valence-electron chi connectivity index (χ1n) is 6.34. The quantitative estimate of drug-likeness (QED) is 0.899. The van der Waals surface area contributed by atoms with E-state index in [1.54, 1.807) is 0 Å². The molecule has 1 aromatic rings. The second kappa shape index (κ2) is 5.41. The Kier molecular flexibility index (Phi) is 4.07. The Morgan fingerprint density at radius 1 is 1.44 bits per heavy atom. The van der Waals surface area contributed by atoms with Gasteiger partial charge in [-0.15, -0.1) is 0 Å². The van der Waals surface area contributed by atoms with E-state index in [4.69, 9.17) is 5.73 Å². The van der Waals surface area contributed by atoms with Gasteiger partial charge in [-0.05, 0) is 47.3 Å². The number of aryl methyl sites for hydroxylation is 1. The molecule has 1 aliphatic rings. The number of benzene rings is 1. The summed E-state index contributed by atoms with van der Waals surface area (Å²) in [5.41, 5.74) is 7.85. The molecule has 3 N–H and O–H groups in total. The summed E-state index contributed by atoms with van der Waals surface area (Å²) in [5, 5.41) is 2.94. The number of rotatable bonds is 3. The van der Waals surface area contributed by atoms with Crippen LogP contribution in [0.25, 0.3) is 0 Å². The van der Waals surface area contributed by atoms with Crippen LogP contribution in [0.2, 0.25) is 0 Å². The standard InChI is InChI=1S/C14H19BrN2O/c1-10-5-4-6-11(13(10)15)17-12(18)9-14(16)7-2-3-8-14/h4-6H,2-3,7-9,16H2,1H3,(H,17,18). The van der Waals surface area contributed by atoms with Crippen LogP contribution < -0.4 is 11.1 Å². The van der Waals surface area contributed by atoms with Gasteiger partial charge >= 0.3 is 0 Å². The first-order chi connectivity index (χ1) is 8.50. The molecular weight excluding hydrogens is 292 g/mol. The number of halogens is 1. The number of amides is 1. The van der Waals surface area contributed by atoms with Crippen LogP contribution in [0, 0.1) is 6.92 Å². The lowest BCUT2D eigenvalue weighted by atomic mass is 9.94. The molecule has 18 heavy (non-hydrogen) atoms. The van der Waals surface area contributed by atoms with Gasteiger partial charge in [0, 0.05) is 16.4 Å². The summed E-state index contributed by atoms with van der Waals surface area (Å²) in [6, 6.07) is 5.83. The molecule has 2 rings (SSSR count). The van der Waals surface area contributed by atoms with Gasteiger partial charge in [0.2, 0.25) is 5.91 Å². The van der Waals surface area contributed by atoms with Gasteiger partial charge in [-0.2, -0.15) is 0 Å². The summed E-state index contributed by atoms with van der Waals surface area (Å²) in [5.74, 6) is 0.00528. The maximum absolute atomic E-state index is 12.0. The molecule has 0 saturated heterocycles. The Labute approximate surface area is 116 Å². The van der Waals surface area contributed by atoms with Crippen LogP contribution in [0.3, 0.4) is 0 Å². The van der Waals surface area contributed by atoms with E-state index < -0.39 is 0 Å². The van der Waals surface area contributed by atoms with Gasteiger partial charge < -0.3 is 11.1 Å². The van der Waals surface area contributed by atoms with Gasteiger partial charge in [-0.1, -0.05) is 25.0 Å². The van der Waals surface area contributed by atoms with Crippen molar-refractivity contribution in [3.8, 4) is 0 Å². The second-order valence-electron chi connectivity index (χ2n) is 5.23. The number of hydrogen-bond donors (Lipinski definition) is 2. The number of carbonyl (C=O) groups is 1. The van der Waals surface area contributed by atoms with Gasteiger partial charge in [0.1, 0.15) is 0 Å². The largest absolute Gasteiger partial charge is 0.325 e. The molecule has 0 atom stereocenters. The zero-order valence-electron chi connectivity index (χ0n) is 10.6. The SMILES string of the molecule is Cc1cccc(NC(=O)CC2(N)CCCC2)c1Br. The summed E-state index contributed by atoms with van der Waals surface area (Å²) in [4.78, 5) is 12.0. The van der Waals surface area contributed by atoms with Crippen molar-refractivity contribution in [1.82, 2.24) is 0 Å². The van der Waals surface area contributed by atoms with Crippen molar-refractivity contribution in [3.05, 3.63) is 28.2 Å². The zero-order chi connectivity index (χ0) is 13.2. The fourth-order valence-corrected chi connectivity index (χ4v) is 2.88. The Bertz CT molecular complexity index is 453. The number of nitrogens with two attached hydrogens (primary N) is 1. The number of anilines is 1. The summed E-state index contributed by atoms with van der Waals surface area (Å²) in [6.45, 7) is 2.00. The molecule has 1 amide bonds. The van der Waals surface area contributed by atoms with E-state index >= 15 is 0 Å². The summed E-state index contributed by atoms with van der Waals surface area (Å²) in [7, 11) is 0. The molecule has 0 aliphatic heterocycles. The second-order valence-corrected chi connectivity index (χ2v) is 6.02. The monoisotopic (exact) mass is 310 g/mol. The molecule has 1 aromatic carbocycles. The molecule has 3 nitrogen and oxygen atoms in total. The molecule has 0 bridgehead atoms. The van der Waals surface area contributed by atoms with Crippen molar-refractivity contribution in [2.75, 3.05) is 5.32 Å². The fourth-order valence-electron chi connectivity index (χ4n) is 2.51. The van der Waals surface area contributed by atoms with Crippen molar-refractivity contribution in [2.24, 2.45) is 5.73 Å². The van der Waals surface area contributed by atoms with Crippen LogP contribution in [0.15, 0.2) is 22.7 Å². The van der Waals surface area contributed by atoms with E-state index in [1.807, 2.05) is 25.1 Å². The van der Waals surface area contributed by atoms with Crippen LogP contribution in [-0.2, 0) is 4.79 Å². The predicted molar refractivity (Wildman–Crippen MR) is 77.5 cm³/mol. The van der Waals surface area contributed by atoms with Crippen LogP contribution >= 0.6 is 15.9 Å². The van der Waals surface area contributed by atoms with Gasteiger partial charge in [-0.3, -0.25) is 4.79 Å². The Hall–Kier alpha value is -0.870. The van der Waals surface area contributed by atoms with E-state index in [2.05, 4.69) is 21.2 Å². The molecule has 1 saturated carbocycles. The molecule has 0 heterocycles. The van der Waals surface area contributed by atoms with Crippen LogP contribution in [0.4, 0.5) is 5.69 Å². The lowest BCUT2D eigenvalue weighted by Crippen LogP contribution is -2.40. The highest BCUT2D eigenvalue weighted by Gasteiger charge is 2.31. The average molecular weight is 311 g/mol. The minimum absolute atomic E-state index is 0.00528. The molecule has 0 spiro atoms. The topological polar surface area (TPSA) is 55.1 Å². The van der Waals surface area contributed by atoms with Crippen LogP contribution in [-0.4, -0.2) is 11.4 Å². The smallest absolute Gasteiger partial charge is 0.226 e. The Morgan fingerprint density at radius 2 is 2.11 bits per heavy atom. The highest BCUT2D eigenvalue weighted by atomic mass is 79.9. The number of carbonyl (C=O) groups excluding carboxylic acids is 1. The van der Waals surface area contributed by atoms with Crippen LogP contribution in [0.1, 0.15) is 37.7 Å². The van der Waals surface area contributed by atoms with Crippen molar-refractivity contribution in [1.29, 1.82) is 0 Å². The Balaban J connectivity index is 2.01. The van der Waals surface area contributed by atoms with Gasteiger partial charge in [0.15, 0.2) is 0 Å². The van der Waals surface area contributed by atoms with Gasteiger partial charge in [0.25, 0.3) is 0 Å². The Morgan fingerprint density at radius 3 is 2.78 bits per heavy atom. The molecule has 4 heteroatoms. The highest BCUT2D eigenvalue weighted by molar-refractivity contribution is 9.10. The fraction of sp³-hybridized carbons (Fsp3) is 0.500. The van der Waals surface area contributed by atoms with E-state index in [1.165, 1.54) is 0 Å². The number of hydrogen-bond acceptors (Lipinski definition) is 2. The molecule has 1 fully saturated rings. The number of nitrogens with one attached hydrogen (secondary N) is 1. The van der Waals surface area contributed by atoms with Gasteiger partial charge in [0.05, 0.1) is 5.69 Å². The van der Waals surface area contributed by atoms with Crippen molar-refractivity contribution in [2.45, 2.75) is 44.6 Å². The molecular formula is C14H19BrN2O. The molecule has 98 valence electrons. The third kappa shape index (κ3) is 3.12. The summed E-state index contributed by atoms with van der Waals surface area (Å²) in [6.07, 6.45) is 4.59. The van der Waals surface area contributed by atoms with Crippen molar-refractivity contribution in [3.63, 3.8) is 0 Å². The van der Waals surface area contributed by atoms with Crippen molar-refractivity contribution < 1.29 is 4.79 Å². The minimum Gasteiger partial charge on any atom is -0.325 e. The lowest BCUT2D eigenvalue weighted by Gasteiger charge is -2.22. The predicted octanol–water partition coefficient (Wildman–Crippen LogP) is 3.36. The lowest BCUT2D eigenvalue weighted by molar-refractivity contribution is -0.117. The third-order valence-electron chi connectivity index (χ3n) is 3.58. The molecule has 0 unspecified atom stereocenters. The normalized spacial score (nSPS) is 17.7. The first kappa shape index (κ1) is 13.6. The highest BCUT2D eigenvalue weighted by Crippen LogP contribution is 2.31.